The number of hydrogen-bond acceptors (Lipinski definition) is 3. The van der Waals surface area contributed by atoms with Crippen molar-refractivity contribution in [1.82, 2.24) is 0 Å². The Kier molecular flexibility index (Phi) is 4.15. The lowest BCUT2D eigenvalue weighted by Crippen LogP contribution is -2.29. The Morgan fingerprint density at radius 3 is 2.43 bits per heavy atom. The Balaban J connectivity index is 1.67. The first-order valence-corrected chi connectivity index (χ1v) is 7.51. The zero-order chi connectivity index (χ0) is 14.7. The summed E-state index contributed by atoms with van der Waals surface area (Å²) in [4.78, 5) is 14.4. The number of halogens is 1. The van der Waals surface area contributed by atoms with Gasteiger partial charge in [0.05, 0.1) is 11.8 Å². The molecule has 1 saturated heterocycles. The smallest absolute Gasteiger partial charge is 0.260 e. The molecule has 4 nitrogen and oxygen atoms in total. The fourth-order valence-electron chi connectivity index (χ4n) is 2.56. The summed E-state index contributed by atoms with van der Waals surface area (Å²) in [5.74, 6) is -0.264. The maximum Gasteiger partial charge on any atom is 0.260 e. The first-order chi connectivity index (χ1) is 10.2. The minimum atomic E-state index is -0.264. The molecule has 1 fully saturated rings. The summed E-state index contributed by atoms with van der Waals surface area (Å²) in [5.41, 5.74) is 2.30. The Morgan fingerprint density at radius 1 is 1.10 bits per heavy atom. The van der Waals surface area contributed by atoms with Gasteiger partial charge in [-0.2, -0.15) is 0 Å². The van der Waals surface area contributed by atoms with Crippen LogP contribution >= 0.6 is 11.6 Å². The molecule has 5 heteroatoms. The van der Waals surface area contributed by atoms with E-state index in [9.17, 15) is 4.79 Å². The van der Waals surface area contributed by atoms with Gasteiger partial charge in [0.25, 0.3) is 5.91 Å². The second-order valence-corrected chi connectivity index (χ2v) is 5.50. The quantitative estimate of drug-likeness (QED) is 0.925. The SMILES string of the molecule is O=C(Nc1ccc(N2CCCCC2)cc1)c1ccoc1Cl. The molecule has 0 unspecified atom stereocenters. The number of amides is 1. The highest BCUT2D eigenvalue weighted by atomic mass is 35.5. The summed E-state index contributed by atoms with van der Waals surface area (Å²) in [7, 11) is 0. The number of nitrogens with one attached hydrogen (secondary N) is 1. The van der Waals surface area contributed by atoms with Crippen molar-refractivity contribution in [2.75, 3.05) is 23.3 Å². The molecule has 0 atom stereocenters. The van der Waals surface area contributed by atoms with Gasteiger partial charge in [0, 0.05) is 24.5 Å². The molecule has 0 spiro atoms. The molecule has 1 amide bonds. The van der Waals surface area contributed by atoms with E-state index in [1.54, 1.807) is 6.07 Å². The van der Waals surface area contributed by atoms with Gasteiger partial charge in [-0.3, -0.25) is 4.79 Å². The van der Waals surface area contributed by atoms with E-state index in [1.807, 2.05) is 24.3 Å². The third-order valence-electron chi connectivity index (χ3n) is 3.71. The van der Waals surface area contributed by atoms with E-state index in [0.717, 1.165) is 18.8 Å². The van der Waals surface area contributed by atoms with Crippen molar-refractivity contribution in [2.24, 2.45) is 0 Å². The number of nitrogens with zero attached hydrogens (tertiary/aromatic N) is 1. The second-order valence-electron chi connectivity index (χ2n) is 5.16. The van der Waals surface area contributed by atoms with Crippen LogP contribution in [-0.2, 0) is 0 Å². The largest absolute Gasteiger partial charge is 0.452 e. The number of rotatable bonds is 3. The first-order valence-electron chi connectivity index (χ1n) is 7.13. The standard InChI is InChI=1S/C16H17ClN2O2/c17-15-14(8-11-21-15)16(20)18-12-4-6-13(7-5-12)19-9-2-1-3-10-19/h4-8,11H,1-3,9-10H2,(H,18,20). The highest BCUT2D eigenvalue weighted by Crippen LogP contribution is 2.23. The minimum Gasteiger partial charge on any atom is -0.452 e. The maximum absolute atomic E-state index is 12.0. The topological polar surface area (TPSA) is 45.5 Å². The highest BCUT2D eigenvalue weighted by Gasteiger charge is 2.14. The van der Waals surface area contributed by atoms with E-state index in [4.69, 9.17) is 16.0 Å². The molecule has 0 saturated carbocycles. The van der Waals surface area contributed by atoms with Crippen molar-refractivity contribution in [2.45, 2.75) is 19.3 Å². The molecule has 2 aromatic rings. The minimum absolute atomic E-state index is 0.109. The molecule has 110 valence electrons. The van der Waals surface area contributed by atoms with Crippen LogP contribution in [0.25, 0.3) is 0 Å². The van der Waals surface area contributed by atoms with Crippen LogP contribution in [0.5, 0.6) is 0 Å². The number of furan rings is 1. The molecule has 3 rings (SSSR count). The summed E-state index contributed by atoms with van der Waals surface area (Å²) < 4.78 is 4.92. The Hall–Kier alpha value is -1.94. The van der Waals surface area contributed by atoms with Gasteiger partial charge in [-0.15, -0.1) is 0 Å². The predicted octanol–water partition coefficient (Wildman–Crippen LogP) is 4.18. The van der Waals surface area contributed by atoms with E-state index in [-0.39, 0.29) is 11.1 Å². The molecular weight excluding hydrogens is 288 g/mol. The Morgan fingerprint density at radius 2 is 1.81 bits per heavy atom. The van der Waals surface area contributed by atoms with E-state index in [1.165, 1.54) is 31.2 Å². The van der Waals surface area contributed by atoms with Crippen molar-refractivity contribution in [3.63, 3.8) is 0 Å². The van der Waals surface area contributed by atoms with Crippen LogP contribution < -0.4 is 10.2 Å². The van der Waals surface area contributed by atoms with Gasteiger partial charge in [-0.05, 0) is 61.2 Å². The summed E-state index contributed by atoms with van der Waals surface area (Å²) in [6.45, 7) is 2.21. The molecule has 1 aliphatic heterocycles. The first kappa shape index (κ1) is 14.0. The molecule has 0 aliphatic carbocycles. The van der Waals surface area contributed by atoms with Crippen molar-refractivity contribution in [1.29, 1.82) is 0 Å². The van der Waals surface area contributed by atoms with Crippen LogP contribution in [0.4, 0.5) is 11.4 Å². The van der Waals surface area contributed by atoms with Crippen molar-refractivity contribution < 1.29 is 9.21 Å². The lowest BCUT2D eigenvalue weighted by Gasteiger charge is -2.28. The van der Waals surface area contributed by atoms with Crippen LogP contribution in [0.1, 0.15) is 29.6 Å². The fourth-order valence-corrected chi connectivity index (χ4v) is 2.76. The average molecular weight is 305 g/mol. The van der Waals surface area contributed by atoms with E-state index in [2.05, 4.69) is 10.2 Å². The average Bonchev–Trinajstić information content (AvgIpc) is 2.95. The third kappa shape index (κ3) is 3.22. The Labute approximate surface area is 128 Å². The van der Waals surface area contributed by atoms with Crippen molar-refractivity contribution in [3.05, 3.63) is 47.4 Å². The molecule has 0 bridgehead atoms. The van der Waals surface area contributed by atoms with Gasteiger partial charge >= 0.3 is 0 Å². The monoisotopic (exact) mass is 304 g/mol. The molecule has 1 N–H and O–H groups in total. The number of benzene rings is 1. The maximum atomic E-state index is 12.0. The van der Waals surface area contributed by atoms with Crippen LogP contribution in [0.15, 0.2) is 41.0 Å². The fraction of sp³-hybridized carbons (Fsp3) is 0.312. The van der Waals surface area contributed by atoms with Gasteiger partial charge in [0.2, 0.25) is 5.22 Å². The van der Waals surface area contributed by atoms with Crippen LogP contribution in [0.3, 0.4) is 0 Å². The number of carbonyl (C=O) groups is 1. The Bertz CT molecular complexity index is 615. The summed E-state index contributed by atoms with van der Waals surface area (Å²) in [6.07, 6.45) is 5.21. The summed E-state index contributed by atoms with van der Waals surface area (Å²) in [6, 6.07) is 9.46. The molecule has 1 aliphatic rings. The number of piperidine rings is 1. The van der Waals surface area contributed by atoms with Gasteiger partial charge in [0.1, 0.15) is 0 Å². The van der Waals surface area contributed by atoms with Gasteiger partial charge in [-0.25, -0.2) is 0 Å². The summed E-state index contributed by atoms with van der Waals surface area (Å²) >= 11 is 5.79. The normalized spacial score (nSPS) is 15.0. The molecule has 1 aromatic heterocycles. The zero-order valence-electron chi connectivity index (χ0n) is 11.6. The number of carbonyl (C=O) groups excluding carboxylic acids is 1. The number of hydrogen-bond donors (Lipinski definition) is 1. The van der Waals surface area contributed by atoms with E-state index in [0.29, 0.717) is 5.56 Å². The molecular formula is C16H17ClN2O2. The van der Waals surface area contributed by atoms with E-state index >= 15 is 0 Å². The lowest BCUT2D eigenvalue weighted by atomic mass is 10.1. The van der Waals surface area contributed by atoms with E-state index < -0.39 is 0 Å². The highest BCUT2D eigenvalue weighted by molar-refractivity contribution is 6.32. The number of anilines is 2. The predicted molar refractivity (Wildman–Crippen MR) is 84.2 cm³/mol. The van der Waals surface area contributed by atoms with Gasteiger partial charge in [0.15, 0.2) is 0 Å². The zero-order valence-corrected chi connectivity index (χ0v) is 12.4. The second kappa shape index (κ2) is 6.22. The lowest BCUT2D eigenvalue weighted by molar-refractivity contribution is 0.102. The van der Waals surface area contributed by atoms with Crippen molar-refractivity contribution in [3.8, 4) is 0 Å². The summed E-state index contributed by atoms with van der Waals surface area (Å²) in [5, 5.41) is 2.92. The van der Waals surface area contributed by atoms with Gasteiger partial charge in [-0.1, -0.05) is 0 Å². The molecule has 1 aromatic carbocycles. The van der Waals surface area contributed by atoms with Crippen LogP contribution in [0.2, 0.25) is 5.22 Å². The van der Waals surface area contributed by atoms with Crippen molar-refractivity contribution >= 4 is 28.9 Å². The van der Waals surface area contributed by atoms with Crippen LogP contribution in [0, 0.1) is 0 Å². The third-order valence-corrected chi connectivity index (χ3v) is 4.00. The molecule has 21 heavy (non-hydrogen) atoms. The molecule has 0 radical (unpaired) electrons. The molecule has 2 heterocycles. The van der Waals surface area contributed by atoms with Crippen LogP contribution in [-0.4, -0.2) is 19.0 Å². The van der Waals surface area contributed by atoms with Gasteiger partial charge < -0.3 is 14.6 Å².